The highest BCUT2D eigenvalue weighted by atomic mass is 32.1. The van der Waals surface area contributed by atoms with Crippen molar-refractivity contribution in [3.05, 3.63) is 41.0 Å². The highest BCUT2D eigenvalue weighted by Crippen LogP contribution is 2.26. The zero-order chi connectivity index (χ0) is 12.7. The van der Waals surface area contributed by atoms with Gasteiger partial charge in [0.1, 0.15) is 0 Å². The Morgan fingerprint density at radius 1 is 1.28 bits per heavy atom. The molecule has 0 bridgehead atoms. The van der Waals surface area contributed by atoms with Crippen molar-refractivity contribution in [2.45, 2.75) is 6.54 Å². The smallest absolute Gasteiger partial charge is 0.212 e. The van der Waals surface area contributed by atoms with Crippen LogP contribution in [0.4, 0.5) is 8.78 Å². The molecule has 3 rings (SSSR count). The lowest BCUT2D eigenvalue weighted by Gasteiger charge is -1.99. The van der Waals surface area contributed by atoms with E-state index in [-0.39, 0.29) is 6.54 Å². The Balaban J connectivity index is 2.18. The maximum atomic E-state index is 13.2. The van der Waals surface area contributed by atoms with E-state index >= 15 is 0 Å². The van der Waals surface area contributed by atoms with Gasteiger partial charge >= 0.3 is 0 Å². The number of nitrogens with zero attached hydrogens (tertiary/aromatic N) is 3. The summed E-state index contributed by atoms with van der Waals surface area (Å²) < 4.78 is 27.7. The van der Waals surface area contributed by atoms with Gasteiger partial charge in [-0.3, -0.25) is 0 Å². The molecule has 4 nitrogen and oxygen atoms in total. The topological polar surface area (TPSA) is 56.2 Å². The molecule has 1 aromatic carbocycles. The summed E-state index contributed by atoms with van der Waals surface area (Å²) in [5, 5.41) is 5.99. The first-order chi connectivity index (χ1) is 8.69. The van der Waals surface area contributed by atoms with Gasteiger partial charge in [-0.05, 0) is 18.2 Å². The first kappa shape index (κ1) is 11.2. The fourth-order valence-corrected chi connectivity index (χ4v) is 2.51. The SMILES string of the molecule is NCc1nc2scc(-c3ccc(F)c(F)c3)n2n1. The lowest BCUT2D eigenvalue weighted by Crippen LogP contribution is -1.99. The Kier molecular flexibility index (Phi) is 2.57. The molecule has 7 heteroatoms. The molecule has 0 radical (unpaired) electrons. The van der Waals surface area contributed by atoms with Gasteiger partial charge in [-0.25, -0.2) is 18.3 Å². The molecule has 2 heterocycles. The standard InChI is InChI=1S/C11H8F2N4S/c12-7-2-1-6(3-8(7)13)9-5-18-11-15-10(4-14)16-17(9)11/h1-3,5H,4,14H2. The molecule has 0 aliphatic carbocycles. The molecule has 0 fully saturated rings. The number of hydrogen-bond acceptors (Lipinski definition) is 4. The van der Waals surface area contributed by atoms with Crippen LogP contribution in [0.2, 0.25) is 0 Å². The van der Waals surface area contributed by atoms with Gasteiger partial charge in [0.15, 0.2) is 17.5 Å². The minimum Gasteiger partial charge on any atom is -0.324 e. The van der Waals surface area contributed by atoms with E-state index in [2.05, 4.69) is 10.1 Å². The average Bonchev–Trinajstić information content (AvgIpc) is 2.92. The molecule has 0 amide bonds. The molecule has 0 aliphatic heterocycles. The largest absolute Gasteiger partial charge is 0.324 e. The van der Waals surface area contributed by atoms with Crippen LogP contribution in [0.3, 0.4) is 0 Å². The Morgan fingerprint density at radius 2 is 2.11 bits per heavy atom. The van der Waals surface area contributed by atoms with Crippen molar-refractivity contribution >= 4 is 16.3 Å². The average molecular weight is 266 g/mol. The molecule has 0 spiro atoms. The van der Waals surface area contributed by atoms with E-state index in [1.165, 1.54) is 17.4 Å². The van der Waals surface area contributed by atoms with E-state index < -0.39 is 11.6 Å². The van der Waals surface area contributed by atoms with Gasteiger partial charge in [0.05, 0.1) is 12.2 Å². The molecular formula is C11H8F2N4S. The second-order valence-electron chi connectivity index (χ2n) is 3.68. The molecule has 0 saturated heterocycles. The van der Waals surface area contributed by atoms with Crippen LogP contribution in [-0.4, -0.2) is 14.6 Å². The molecule has 0 aliphatic rings. The monoisotopic (exact) mass is 266 g/mol. The third-order valence-corrected chi connectivity index (χ3v) is 3.34. The van der Waals surface area contributed by atoms with Crippen LogP contribution < -0.4 is 5.73 Å². The van der Waals surface area contributed by atoms with Gasteiger partial charge in [0.25, 0.3) is 0 Å². The lowest BCUT2D eigenvalue weighted by atomic mass is 10.2. The van der Waals surface area contributed by atoms with Gasteiger partial charge in [0, 0.05) is 10.9 Å². The summed E-state index contributed by atoms with van der Waals surface area (Å²) in [6.07, 6.45) is 0. The summed E-state index contributed by atoms with van der Waals surface area (Å²) in [7, 11) is 0. The van der Waals surface area contributed by atoms with E-state index in [4.69, 9.17) is 5.73 Å². The zero-order valence-electron chi connectivity index (χ0n) is 9.10. The lowest BCUT2D eigenvalue weighted by molar-refractivity contribution is 0.509. The number of hydrogen-bond donors (Lipinski definition) is 1. The van der Waals surface area contributed by atoms with E-state index in [9.17, 15) is 8.78 Å². The van der Waals surface area contributed by atoms with Crippen molar-refractivity contribution < 1.29 is 8.78 Å². The third kappa shape index (κ3) is 1.68. The zero-order valence-corrected chi connectivity index (χ0v) is 9.92. The van der Waals surface area contributed by atoms with Crippen LogP contribution in [0.15, 0.2) is 23.6 Å². The quantitative estimate of drug-likeness (QED) is 0.773. The van der Waals surface area contributed by atoms with Crippen molar-refractivity contribution in [2.24, 2.45) is 5.73 Å². The molecule has 0 atom stereocenters. The van der Waals surface area contributed by atoms with Gasteiger partial charge in [-0.15, -0.1) is 16.4 Å². The minimum atomic E-state index is -0.883. The summed E-state index contributed by atoms with van der Waals surface area (Å²) in [5.74, 6) is -1.23. The van der Waals surface area contributed by atoms with Gasteiger partial charge in [0.2, 0.25) is 4.96 Å². The molecule has 0 unspecified atom stereocenters. The maximum Gasteiger partial charge on any atom is 0.212 e. The van der Waals surface area contributed by atoms with Crippen molar-refractivity contribution in [1.29, 1.82) is 0 Å². The second-order valence-corrected chi connectivity index (χ2v) is 4.51. The number of halogens is 2. The fraction of sp³-hybridized carbons (Fsp3) is 0.0909. The normalized spacial score (nSPS) is 11.3. The predicted molar refractivity (Wildman–Crippen MR) is 64.1 cm³/mol. The molecule has 18 heavy (non-hydrogen) atoms. The van der Waals surface area contributed by atoms with E-state index in [1.54, 1.807) is 9.90 Å². The molecule has 92 valence electrons. The molecule has 2 N–H and O–H groups in total. The number of rotatable bonds is 2. The third-order valence-electron chi connectivity index (χ3n) is 2.52. The highest BCUT2D eigenvalue weighted by Gasteiger charge is 2.12. The van der Waals surface area contributed by atoms with Crippen LogP contribution in [0.25, 0.3) is 16.2 Å². The molecule has 3 aromatic rings. The van der Waals surface area contributed by atoms with Crippen LogP contribution in [0.5, 0.6) is 0 Å². The van der Waals surface area contributed by atoms with E-state index in [0.717, 1.165) is 12.1 Å². The Morgan fingerprint density at radius 3 is 2.83 bits per heavy atom. The number of nitrogens with two attached hydrogens (primary N) is 1. The molecule has 2 aromatic heterocycles. The summed E-state index contributed by atoms with van der Waals surface area (Å²) in [6.45, 7) is 0.242. The Hall–Kier alpha value is -1.86. The summed E-state index contributed by atoms with van der Waals surface area (Å²) in [5.41, 5.74) is 6.68. The fourth-order valence-electron chi connectivity index (χ4n) is 1.66. The molecule has 0 saturated carbocycles. The summed E-state index contributed by atoms with van der Waals surface area (Å²) in [6, 6.07) is 3.74. The number of fused-ring (bicyclic) bond motifs is 1. The van der Waals surface area contributed by atoms with E-state index in [1.807, 2.05) is 0 Å². The molecular weight excluding hydrogens is 258 g/mol. The maximum absolute atomic E-state index is 13.2. The van der Waals surface area contributed by atoms with Gasteiger partial charge < -0.3 is 5.73 Å². The number of benzene rings is 1. The first-order valence-electron chi connectivity index (χ1n) is 5.17. The van der Waals surface area contributed by atoms with E-state index in [0.29, 0.717) is 22.0 Å². The highest BCUT2D eigenvalue weighted by molar-refractivity contribution is 7.15. The van der Waals surface area contributed by atoms with Crippen molar-refractivity contribution in [3.63, 3.8) is 0 Å². The summed E-state index contributed by atoms with van der Waals surface area (Å²) >= 11 is 1.37. The number of aromatic nitrogens is 3. The minimum absolute atomic E-state index is 0.242. The van der Waals surface area contributed by atoms with Gasteiger partial charge in [-0.2, -0.15) is 0 Å². The summed E-state index contributed by atoms with van der Waals surface area (Å²) in [4.78, 5) is 4.87. The van der Waals surface area contributed by atoms with Gasteiger partial charge in [-0.1, -0.05) is 0 Å². The van der Waals surface area contributed by atoms with Crippen LogP contribution in [-0.2, 0) is 6.54 Å². The van der Waals surface area contributed by atoms with Crippen molar-refractivity contribution in [2.75, 3.05) is 0 Å². The van der Waals surface area contributed by atoms with Crippen molar-refractivity contribution in [1.82, 2.24) is 14.6 Å². The first-order valence-corrected chi connectivity index (χ1v) is 6.05. The van der Waals surface area contributed by atoms with Crippen molar-refractivity contribution in [3.8, 4) is 11.3 Å². The number of thiazole rings is 1. The predicted octanol–water partition coefficient (Wildman–Crippen LogP) is 2.19. The Labute approximate surface area is 105 Å². The second kappa shape index (κ2) is 4.11. The van der Waals surface area contributed by atoms with Crippen LogP contribution in [0.1, 0.15) is 5.82 Å². The Bertz CT molecular complexity index is 719. The van der Waals surface area contributed by atoms with Crippen LogP contribution in [0, 0.1) is 11.6 Å². The van der Waals surface area contributed by atoms with Crippen LogP contribution >= 0.6 is 11.3 Å².